The summed E-state index contributed by atoms with van der Waals surface area (Å²) < 4.78 is 17.1. The molecule has 0 radical (unpaired) electrons. The summed E-state index contributed by atoms with van der Waals surface area (Å²) in [6, 6.07) is 20.9. The number of para-hydroxylation sites is 1. The van der Waals surface area contributed by atoms with Gasteiger partial charge < -0.3 is 29.6 Å². The van der Waals surface area contributed by atoms with E-state index in [1.165, 1.54) is 0 Å². The number of aromatic nitrogens is 1. The van der Waals surface area contributed by atoms with E-state index >= 15 is 0 Å². The number of anilines is 1. The van der Waals surface area contributed by atoms with Gasteiger partial charge in [0.15, 0.2) is 11.5 Å². The molecule has 3 N–H and O–H groups in total. The van der Waals surface area contributed by atoms with Crippen molar-refractivity contribution in [3.63, 3.8) is 0 Å². The number of phenolic OH excluding ortho intramolecular Hbond substituents is 1. The minimum absolute atomic E-state index is 0.00609. The fourth-order valence-electron chi connectivity index (χ4n) is 5.06. The Kier molecular flexibility index (Phi) is 8.14. The number of rotatable bonds is 8. The van der Waals surface area contributed by atoms with Crippen LogP contribution in [0.5, 0.6) is 17.2 Å². The first kappa shape index (κ1) is 27.6. The number of amides is 1. The van der Waals surface area contributed by atoms with E-state index < -0.39 is 5.92 Å². The Morgan fingerprint density at radius 1 is 0.976 bits per heavy atom. The third-order valence-electron chi connectivity index (χ3n) is 7.02. The quantitative estimate of drug-likeness (QED) is 0.139. The fraction of sp³-hybridized carbons (Fsp3) is 0.206. The fourth-order valence-corrected chi connectivity index (χ4v) is 5.06. The first-order valence-electron chi connectivity index (χ1n) is 13.3. The van der Waals surface area contributed by atoms with E-state index in [-0.39, 0.29) is 18.3 Å². The number of fused-ring (bicyclic) bond motifs is 1. The number of aryl methyl sites for hydroxylation is 2. The molecule has 7 nitrogen and oxygen atoms in total. The third-order valence-corrected chi connectivity index (χ3v) is 7.02. The van der Waals surface area contributed by atoms with Gasteiger partial charge in [0.1, 0.15) is 12.4 Å². The van der Waals surface area contributed by atoms with E-state index in [0.717, 1.165) is 28.1 Å². The van der Waals surface area contributed by atoms with Gasteiger partial charge in [-0.05, 0) is 49.2 Å². The van der Waals surface area contributed by atoms with Gasteiger partial charge in [0, 0.05) is 34.1 Å². The number of methoxy groups -OCH3 is 2. The summed E-state index contributed by atoms with van der Waals surface area (Å²) >= 11 is 0. The summed E-state index contributed by atoms with van der Waals surface area (Å²) in [6.45, 7) is 4.60. The zero-order valence-corrected chi connectivity index (χ0v) is 23.5. The zero-order valence-electron chi connectivity index (χ0n) is 23.5. The molecule has 3 aromatic carbocycles. The smallest absolute Gasteiger partial charge is 0.256 e. The van der Waals surface area contributed by atoms with Crippen molar-refractivity contribution >= 4 is 23.2 Å². The molecular formula is C34H32N2O5. The predicted octanol–water partition coefficient (Wildman–Crippen LogP) is 6.20. The van der Waals surface area contributed by atoms with Crippen LogP contribution in [0.2, 0.25) is 0 Å². The van der Waals surface area contributed by atoms with E-state index in [1.54, 1.807) is 20.3 Å². The molecule has 7 heteroatoms. The number of H-pyrrole nitrogens is 1. The highest BCUT2D eigenvalue weighted by Gasteiger charge is 2.29. The number of phenols is 1. The van der Waals surface area contributed by atoms with Gasteiger partial charge in [0.2, 0.25) is 0 Å². The molecular weight excluding hydrogens is 516 g/mol. The van der Waals surface area contributed by atoms with Crippen LogP contribution in [0.3, 0.4) is 0 Å². The average molecular weight is 549 g/mol. The lowest BCUT2D eigenvalue weighted by atomic mass is 9.88. The van der Waals surface area contributed by atoms with Crippen molar-refractivity contribution in [3.05, 3.63) is 106 Å². The van der Waals surface area contributed by atoms with Crippen LogP contribution in [0, 0.1) is 25.7 Å². The average Bonchev–Trinajstić information content (AvgIpc) is 3.46. The first-order valence-corrected chi connectivity index (χ1v) is 13.3. The Balaban J connectivity index is 1.56. The molecule has 1 aliphatic rings. The Morgan fingerprint density at radius 3 is 2.49 bits per heavy atom. The lowest BCUT2D eigenvalue weighted by Crippen LogP contribution is -2.05. The third kappa shape index (κ3) is 5.84. The van der Waals surface area contributed by atoms with Gasteiger partial charge in [0.05, 0.1) is 38.0 Å². The number of nitrogens with one attached hydrogen (secondary N) is 2. The number of ether oxygens (including phenoxy) is 3. The molecule has 208 valence electrons. The maximum atomic E-state index is 13.0. The maximum absolute atomic E-state index is 13.0. The normalized spacial score (nSPS) is 13.8. The van der Waals surface area contributed by atoms with Crippen LogP contribution in [0.1, 0.15) is 45.1 Å². The largest absolute Gasteiger partial charge is 0.508 e. The molecule has 0 aliphatic carbocycles. The summed E-state index contributed by atoms with van der Waals surface area (Å²) in [5.41, 5.74) is 6.94. The lowest BCUT2D eigenvalue weighted by Gasteiger charge is -2.19. The van der Waals surface area contributed by atoms with Crippen LogP contribution in [0.25, 0.3) is 11.6 Å². The first-order chi connectivity index (χ1) is 19.9. The highest BCUT2D eigenvalue weighted by Crippen LogP contribution is 2.44. The Bertz CT molecular complexity index is 1670. The summed E-state index contributed by atoms with van der Waals surface area (Å²) in [5.74, 6) is 6.64. The molecule has 0 saturated heterocycles. The number of carbonyl (C=O) groups is 1. The minimum Gasteiger partial charge on any atom is -0.508 e. The van der Waals surface area contributed by atoms with Crippen molar-refractivity contribution in [2.75, 3.05) is 26.1 Å². The topological polar surface area (TPSA) is 92.8 Å². The molecule has 1 atom stereocenters. The number of aromatic amines is 1. The molecule has 1 unspecified atom stereocenters. The van der Waals surface area contributed by atoms with Crippen LogP contribution >= 0.6 is 0 Å². The number of hydrogen-bond donors (Lipinski definition) is 3. The van der Waals surface area contributed by atoms with Crippen molar-refractivity contribution in [1.29, 1.82) is 0 Å². The van der Waals surface area contributed by atoms with Crippen molar-refractivity contribution in [1.82, 2.24) is 4.98 Å². The van der Waals surface area contributed by atoms with Crippen molar-refractivity contribution < 1.29 is 24.1 Å². The molecule has 4 aromatic rings. The van der Waals surface area contributed by atoms with Crippen LogP contribution in [0.15, 0.2) is 66.7 Å². The Morgan fingerprint density at radius 2 is 1.78 bits per heavy atom. The predicted molar refractivity (Wildman–Crippen MR) is 160 cm³/mol. The zero-order chi connectivity index (χ0) is 28.9. The molecule has 0 spiro atoms. The Hall–Kier alpha value is -4.93. The van der Waals surface area contributed by atoms with Gasteiger partial charge in [-0.2, -0.15) is 0 Å². The number of hydrogen-bond acceptors (Lipinski definition) is 5. The van der Waals surface area contributed by atoms with Crippen molar-refractivity contribution in [2.24, 2.45) is 0 Å². The van der Waals surface area contributed by atoms with E-state index in [1.807, 2.05) is 80.6 Å². The second-order valence-corrected chi connectivity index (χ2v) is 9.83. The van der Waals surface area contributed by atoms with Gasteiger partial charge in [-0.15, -0.1) is 0 Å². The van der Waals surface area contributed by atoms with E-state index in [9.17, 15) is 9.90 Å². The van der Waals surface area contributed by atoms with Gasteiger partial charge >= 0.3 is 0 Å². The van der Waals surface area contributed by atoms with Crippen LogP contribution < -0.4 is 14.8 Å². The highest BCUT2D eigenvalue weighted by molar-refractivity contribution is 6.35. The molecule has 1 amide bonds. The summed E-state index contributed by atoms with van der Waals surface area (Å²) in [7, 11) is 3.15. The molecule has 41 heavy (non-hydrogen) atoms. The van der Waals surface area contributed by atoms with Gasteiger partial charge in [0.25, 0.3) is 5.91 Å². The van der Waals surface area contributed by atoms with Crippen molar-refractivity contribution in [3.8, 4) is 29.1 Å². The summed E-state index contributed by atoms with van der Waals surface area (Å²) in [6.07, 6.45) is 1.84. The minimum atomic E-state index is -0.600. The molecule has 1 aromatic heterocycles. The second kappa shape index (κ2) is 12.1. The summed E-state index contributed by atoms with van der Waals surface area (Å²) in [5, 5.41) is 14.1. The van der Waals surface area contributed by atoms with Crippen LogP contribution in [-0.2, 0) is 16.1 Å². The number of benzene rings is 3. The SMILES string of the molecule is COc1cccc(C(C#CCOCc2ccccc2)c2cc3c(cc2O)NC(=O)/C3=C\c2[nH]c(C)cc2C)c1OC. The molecule has 0 bridgehead atoms. The molecule has 0 fully saturated rings. The van der Waals surface area contributed by atoms with Gasteiger partial charge in [-0.25, -0.2) is 0 Å². The summed E-state index contributed by atoms with van der Waals surface area (Å²) in [4.78, 5) is 16.3. The van der Waals surface area contributed by atoms with E-state index in [4.69, 9.17) is 14.2 Å². The van der Waals surface area contributed by atoms with E-state index in [0.29, 0.717) is 40.5 Å². The number of aromatic hydroxyl groups is 1. The highest BCUT2D eigenvalue weighted by atomic mass is 16.5. The van der Waals surface area contributed by atoms with Crippen molar-refractivity contribution in [2.45, 2.75) is 26.4 Å². The molecule has 1 aliphatic heterocycles. The Labute approximate surface area is 239 Å². The number of carbonyl (C=O) groups excluding carboxylic acids is 1. The molecule has 2 heterocycles. The maximum Gasteiger partial charge on any atom is 0.256 e. The van der Waals surface area contributed by atoms with Gasteiger partial charge in [-0.3, -0.25) is 4.79 Å². The van der Waals surface area contributed by atoms with E-state index in [2.05, 4.69) is 22.1 Å². The van der Waals surface area contributed by atoms with Gasteiger partial charge in [-0.1, -0.05) is 54.3 Å². The molecule has 0 saturated carbocycles. The molecule has 5 rings (SSSR count). The second-order valence-electron chi connectivity index (χ2n) is 9.83. The monoisotopic (exact) mass is 548 g/mol. The standard InChI is InChI=1S/C34H32N2O5/c1-21-16-22(2)35-29(21)18-28-26-17-27(31(37)19-30(26)36-34(28)38)24(25-12-8-14-32(39-3)33(25)40-4)13-9-15-41-20-23-10-6-5-7-11-23/h5-8,10-12,14,16-19,24,35,37H,15,20H2,1-4H3,(H,36,38)/b28-18-. The lowest BCUT2D eigenvalue weighted by molar-refractivity contribution is -0.110. The van der Waals surface area contributed by atoms with Crippen LogP contribution in [-0.4, -0.2) is 36.8 Å². The van der Waals surface area contributed by atoms with Crippen LogP contribution in [0.4, 0.5) is 5.69 Å².